The summed E-state index contributed by atoms with van der Waals surface area (Å²) in [6, 6.07) is 6.71. The van der Waals surface area contributed by atoms with E-state index in [9.17, 15) is 9.59 Å². The number of hydrogen-bond acceptors (Lipinski definition) is 4. The smallest absolute Gasteiger partial charge is 0.342 e. The van der Waals surface area contributed by atoms with Crippen molar-refractivity contribution in [2.24, 2.45) is 5.73 Å². The number of esters is 1. The van der Waals surface area contributed by atoms with Crippen molar-refractivity contribution in [1.29, 1.82) is 0 Å². The number of primary amides is 1. The molecule has 2 rings (SSSR count). The van der Waals surface area contributed by atoms with Crippen LogP contribution in [0.1, 0.15) is 42.5 Å². The Bertz CT molecular complexity index is 481. The highest BCUT2D eigenvalue weighted by Gasteiger charge is 2.21. The lowest BCUT2D eigenvalue weighted by Gasteiger charge is -2.22. The van der Waals surface area contributed by atoms with E-state index in [2.05, 4.69) is 0 Å². The van der Waals surface area contributed by atoms with Crippen LogP contribution in [0.5, 0.6) is 5.75 Å². The van der Waals surface area contributed by atoms with Crippen LogP contribution in [0.3, 0.4) is 0 Å². The van der Waals surface area contributed by atoms with Crippen molar-refractivity contribution < 1.29 is 19.1 Å². The first-order chi connectivity index (χ1) is 9.66. The molecule has 1 aromatic rings. The molecule has 20 heavy (non-hydrogen) atoms. The Labute approximate surface area is 118 Å². The minimum atomic E-state index is -0.583. The van der Waals surface area contributed by atoms with Crippen LogP contribution in [0, 0.1) is 0 Å². The summed E-state index contributed by atoms with van der Waals surface area (Å²) in [5, 5.41) is 0. The molecule has 108 valence electrons. The fourth-order valence-electron chi connectivity index (χ4n) is 2.31. The number of benzene rings is 1. The zero-order valence-electron chi connectivity index (χ0n) is 11.3. The number of rotatable bonds is 5. The first-order valence-electron chi connectivity index (χ1n) is 6.88. The van der Waals surface area contributed by atoms with Gasteiger partial charge in [0.25, 0.3) is 5.91 Å². The molecular weight excluding hydrogens is 258 g/mol. The molecule has 0 unspecified atom stereocenters. The minimum absolute atomic E-state index is 0.0135. The topological polar surface area (TPSA) is 78.6 Å². The van der Waals surface area contributed by atoms with Crippen molar-refractivity contribution in [1.82, 2.24) is 0 Å². The Morgan fingerprint density at radius 2 is 1.85 bits per heavy atom. The van der Waals surface area contributed by atoms with Crippen LogP contribution in [0.15, 0.2) is 24.3 Å². The molecule has 0 spiro atoms. The van der Waals surface area contributed by atoms with Crippen molar-refractivity contribution in [2.75, 3.05) is 6.61 Å². The maximum Gasteiger partial charge on any atom is 0.342 e. The molecular formula is C15H19NO4. The lowest BCUT2D eigenvalue weighted by Crippen LogP contribution is -2.23. The fourth-order valence-corrected chi connectivity index (χ4v) is 2.31. The van der Waals surface area contributed by atoms with Gasteiger partial charge < -0.3 is 15.2 Å². The Morgan fingerprint density at radius 1 is 1.15 bits per heavy atom. The summed E-state index contributed by atoms with van der Waals surface area (Å²) in [7, 11) is 0. The molecule has 1 aliphatic carbocycles. The fraction of sp³-hybridized carbons (Fsp3) is 0.467. The molecule has 1 fully saturated rings. The van der Waals surface area contributed by atoms with Crippen LogP contribution in [0.25, 0.3) is 0 Å². The highest BCUT2D eigenvalue weighted by molar-refractivity contribution is 5.92. The van der Waals surface area contributed by atoms with Crippen LogP contribution in [-0.2, 0) is 9.53 Å². The van der Waals surface area contributed by atoms with Crippen molar-refractivity contribution in [2.45, 2.75) is 38.2 Å². The second-order valence-corrected chi connectivity index (χ2v) is 4.92. The van der Waals surface area contributed by atoms with Gasteiger partial charge in [-0.1, -0.05) is 18.6 Å². The maximum atomic E-state index is 12.2. The van der Waals surface area contributed by atoms with E-state index in [0.717, 1.165) is 25.7 Å². The third-order valence-corrected chi connectivity index (χ3v) is 3.30. The Hall–Kier alpha value is -2.04. The molecule has 5 heteroatoms. The van der Waals surface area contributed by atoms with E-state index in [4.69, 9.17) is 15.2 Å². The van der Waals surface area contributed by atoms with E-state index in [1.807, 2.05) is 0 Å². The van der Waals surface area contributed by atoms with Crippen LogP contribution in [0.4, 0.5) is 0 Å². The molecule has 0 saturated heterocycles. The van der Waals surface area contributed by atoms with Gasteiger partial charge in [0.1, 0.15) is 17.4 Å². The quantitative estimate of drug-likeness (QED) is 0.835. The van der Waals surface area contributed by atoms with Crippen LogP contribution in [-0.4, -0.2) is 24.6 Å². The van der Waals surface area contributed by atoms with Gasteiger partial charge in [0.15, 0.2) is 6.61 Å². The first kappa shape index (κ1) is 14.4. The second-order valence-electron chi connectivity index (χ2n) is 4.92. The first-order valence-corrected chi connectivity index (χ1v) is 6.88. The summed E-state index contributed by atoms with van der Waals surface area (Å²) in [6.45, 7) is -0.256. The van der Waals surface area contributed by atoms with Gasteiger partial charge in [0.2, 0.25) is 0 Å². The Balaban J connectivity index is 2.02. The van der Waals surface area contributed by atoms with E-state index in [1.165, 1.54) is 6.42 Å². The number of amides is 1. The number of para-hydroxylation sites is 1. The van der Waals surface area contributed by atoms with Crippen molar-refractivity contribution in [3.05, 3.63) is 29.8 Å². The third-order valence-electron chi connectivity index (χ3n) is 3.30. The SMILES string of the molecule is NC(=O)COc1ccccc1C(=O)OC1CCCCC1. The van der Waals surface area contributed by atoms with Crippen LogP contribution in [0.2, 0.25) is 0 Å². The van der Waals surface area contributed by atoms with Gasteiger partial charge in [-0.2, -0.15) is 0 Å². The molecule has 2 N–H and O–H groups in total. The van der Waals surface area contributed by atoms with E-state index >= 15 is 0 Å². The highest BCUT2D eigenvalue weighted by atomic mass is 16.5. The van der Waals surface area contributed by atoms with Crippen LogP contribution >= 0.6 is 0 Å². The monoisotopic (exact) mass is 277 g/mol. The summed E-state index contributed by atoms with van der Waals surface area (Å²) >= 11 is 0. The number of ether oxygens (including phenoxy) is 2. The van der Waals surface area contributed by atoms with Gasteiger partial charge in [-0.15, -0.1) is 0 Å². The largest absolute Gasteiger partial charge is 0.483 e. The minimum Gasteiger partial charge on any atom is -0.483 e. The van der Waals surface area contributed by atoms with E-state index in [0.29, 0.717) is 11.3 Å². The number of hydrogen-bond donors (Lipinski definition) is 1. The normalized spacial score (nSPS) is 15.6. The standard InChI is InChI=1S/C15H19NO4/c16-14(17)10-19-13-9-5-4-8-12(13)15(18)20-11-6-2-1-3-7-11/h4-5,8-9,11H,1-3,6-7,10H2,(H2,16,17). The predicted octanol–water partition coefficient (Wildman–Crippen LogP) is 2.04. The van der Waals surface area contributed by atoms with Crippen LogP contribution < -0.4 is 10.5 Å². The predicted molar refractivity (Wildman–Crippen MR) is 73.4 cm³/mol. The molecule has 0 radical (unpaired) electrons. The molecule has 0 bridgehead atoms. The molecule has 1 aromatic carbocycles. The molecule has 0 aliphatic heterocycles. The van der Waals surface area contributed by atoms with E-state index < -0.39 is 11.9 Å². The van der Waals surface area contributed by atoms with Crippen molar-refractivity contribution in [3.63, 3.8) is 0 Å². The highest BCUT2D eigenvalue weighted by Crippen LogP contribution is 2.24. The maximum absolute atomic E-state index is 12.2. The third kappa shape index (κ3) is 3.98. The Kier molecular flexibility index (Phi) is 4.98. The van der Waals surface area contributed by atoms with Gasteiger partial charge in [-0.05, 0) is 37.8 Å². The molecule has 1 amide bonds. The Morgan fingerprint density at radius 3 is 2.55 bits per heavy atom. The summed E-state index contributed by atoms with van der Waals surface area (Å²) in [4.78, 5) is 22.9. The van der Waals surface area contributed by atoms with Gasteiger partial charge in [-0.25, -0.2) is 4.79 Å². The average Bonchev–Trinajstić information content (AvgIpc) is 2.46. The van der Waals surface area contributed by atoms with Gasteiger partial charge >= 0.3 is 5.97 Å². The molecule has 0 heterocycles. The second kappa shape index (κ2) is 6.93. The molecule has 0 aromatic heterocycles. The lowest BCUT2D eigenvalue weighted by molar-refractivity contribution is -0.119. The average molecular weight is 277 g/mol. The van der Waals surface area contributed by atoms with Gasteiger partial charge in [-0.3, -0.25) is 4.79 Å². The summed E-state index contributed by atoms with van der Waals surface area (Å²) in [5.41, 5.74) is 5.37. The zero-order valence-corrected chi connectivity index (χ0v) is 11.3. The number of carbonyl (C=O) groups is 2. The summed E-state index contributed by atoms with van der Waals surface area (Å²) in [6.07, 6.45) is 5.20. The molecule has 1 saturated carbocycles. The van der Waals surface area contributed by atoms with Gasteiger partial charge in [0.05, 0.1) is 0 Å². The lowest BCUT2D eigenvalue weighted by atomic mass is 9.98. The van der Waals surface area contributed by atoms with Crippen molar-refractivity contribution in [3.8, 4) is 5.75 Å². The van der Waals surface area contributed by atoms with Gasteiger partial charge in [0, 0.05) is 0 Å². The molecule has 1 aliphatic rings. The number of nitrogens with two attached hydrogens (primary N) is 1. The van der Waals surface area contributed by atoms with Crippen molar-refractivity contribution >= 4 is 11.9 Å². The summed E-state index contributed by atoms with van der Waals surface area (Å²) in [5.74, 6) is -0.662. The summed E-state index contributed by atoms with van der Waals surface area (Å²) < 4.78 is 10.7. The number of carbonyl (C=O) groups excluding carboxylic acids is 2. The molecule has 0 atom stereocenters. The van der Waals surface area contributed by atoms with E-state index in [-0.39, 0.29) is 12.7 Å². The molecule has 5 nitrogen and oxygen atoms in total. The van der Waals surface area contributed by atoms with E-state index in [1.54, 1.807) is 24.3 Å². The zero-order chi connectivity index (χ0) is 14.4.